The number of morpholine rings is 1. The second-order valence-electron chi connectivity index (χ2n) is 9.67. The van der Waals surface area contributed by atoms with Crippen LogP contribution in [0.15, 0.2) is 72.8 Å². The molecule has 0 unspecified atom stereocenters. The van der Waals surface area contributed by atoms with Gasteiger partial charge in [0.15, 0.2) is 0 Å². The SMILES string of the molecule is Cc1cc(-c2ccc(N3CCOCC3)c(Nc3c(C)c(-c4ccccc4F)nc4ccccc34)c2)nc(N)n1. The summed E-state index contributed by atoms with van der Waals surface area (Å²) >= 11 is 0. The molecule has 0 amide bonds. The van der Waals surface area contributed by atoms with Crippen molar-refractivity contribution >= 4 is 33.9 Å². The van der Waals surface area contributed by atoms with Crippen molar-refractivity contribution in [2.24, 2.45) is 0 Å². The number of anilines is 4. The van der Waals surface area contributed by atoms with E-state index in [0.717, 1.165) is 63.6 Å². The number of aromatic nitrogens is 3. The van der Waals surface area contributed by atoms with Gasteiger partial charge in [-0.1, -0.05) is 36.4 Å². The number of nitrogens with one attached hydrogen (secondary N) is 1. The van der Waals surface area contributed by atoms with Crippen LogP contribution in [0.2, 0.25) is 0 Å². The Morgan fingerprint density at radius 1 is 0.897 bits per heavy atom. The number of para-hydroxylation sites is 1. The van der Waals surface area contributed by atoms with Crippen molar-refractivity contribution in [3.63, 3.8) is 0 Å². The lowest BCUT2D eigenvalue weighted by atomic mass is 10.0. The summed E-state index contributed by atoms with van der Waals surface area (Å²) in [7, 11) is 0. The molecule has 5 aromatic rings. The first-order valence-corrected chi connectivity index (χ1v) is 13.0. The van der Waals surface area contributed by atoms with Crippen molar-refractivity contribution in [2.75, 3.05) is 42.3 Å². The van der Waals surface area contributed by atoms with Gasteiger partial charge in [0, 0.05) is 35.3 Å². The zero-order valence-corrected chi connectivity index (χ0v) is 21.9. The van der Waals surface area contributed by atoms with Crippen LogP contribution in [0.5, 0.6) is 0 Å². The first kappa shape index (κ1) is 24.8. The molecular formula is C31H29FN6O. The van der Waals surface area contributed by atoms with Gasteiger partial charge < -0.3 is 20.7 Å². The molecule has 1 fully saturated rings. The topological polar surface area (TPSA) is 89.2 Å². The molecule has 2 aromatic heterocycles. The molecule has 39 heavy (non-hydrogen) atoms. The molecule has 6 rings (SSSR count). The number of nitrogens with zero attached hydrogens (tertiary/aromatic N) is 4. The Hall–Kier alpha value is -4.56. The Morgan fingerprint density at radius 3 is 2.46 bits per heavy atom. The fraction of sp³-hybridized carbons (Fsp3) is 0.194. The summed E-state index contributed by atoms with van der Waals surface area (Å²) in [6.07, 6.45) is 0. The minimum absolute atomic E-state index is 0.238. The van der Waals surface area contributed by atoms with Crippen LogP contribution in [0.4, 0.5) is 27.4 Å². The lowest BCUT2D eigenvalue weighted by Gasteiger charge is -2.31. The molecule has 196 valence electrons. The maximum atomic E-state index is 14.9. The number of nitrogens with two attached hydrogens (primary N) is 1. The molecule has 3 N–H and O–H groups in total. The highest BCUT2D eigenvalue weighted by molar-refractivity contribution is 5.99. The van der Waals surface area contributed by atoms with E-state index in [2.05, 4.69) is 38.4 Å². The van der Waals surface area contributed by atoms with Gasteiger partial charge in [-0.25, -0.2) is 19.3 Å². The Balaban J connectivity index is 1.54. The van der Waals surface area contributed by atoms with Crippen molar-refractivity contribution in [3.8, 4) is 22.5 Å². The second-order valence-corrected chi connectivity index (χ2v) is 9.67. The van der Waals surface area contributed by atoms with E-state index in [1.807, 2.05) is 50.2 Å². The molecule has 1 saturated heterocycles. The maximum Gasteiger partial charge on any atom is 0.220 e. The molecule has 1 aliphatic rings. The standard InChI is InChI=1S/C31H29FN6O/c1-19-17-26(37-31(33)34-19)21-11-12-28(38-13-15-39-16-14-38)27(18-21)36-30-20(2)29(22-7-3-5-9-24(22)32)35-25-10-6-4-8-23(25)30/h3-12,17-18H,13-16H2,1-2H3,(H,35,36)(H2,33,34,37). The first-order valence-electron chi connectivity index (χ1n) is 13.0. The number of benzene rings is 3. The minimum Gasteiger partial charge on any atom is -0.378 e. The number of fused-ring (bicyclic) bond motifs is 1. The zero-order chi connectivity index (χ0) is 26.9. The Labute approximate surface area is 226 Å². The lowest BCUT2D eigenvalue weighted by molar-refractivity contribution is 0.123. The average Bonchev–Trinajstić information content (AvgIpc) is 2.95. The number of hydrogen-bond donors (Lipinski definition) is 2. The highest BCUT2D eigenvalue weighted by atomic mass is 19.1. The number of rotatable bonds is 5. The van der Waals surface area contributed by atoms with Crippen LogP contribution in [0, 0.1) is 19.7 Å². The van der Waals surface area contributed by atoms with Crippen LogP contribution in [0.1, 0.15) is 11.3 Å². The number of halogens is 1. The first-order chi connectivity index (χ1) is 19.0. The summed E-state index contributed by atoms with van der Waals surface area (Å²) in [6.45, 7) is 6.78. The van der Waals surface area contributed by atoms with Gasteiger partial charge in [0.2, 0.25) is 5.95 Å². The van der Waals surface area contributed by atoms with Crippen LogP contribution in [-0.4, -0.2) is 41.3 Å². The Kier molecular flexibility index (Phi) is 6.54. The van der Waals surface area contributed by atoms with Crippen molar-refractivity contribution in [1.82, 2.24) is 15.0 Å². The molecule has 8 heteroatoms. The van der Waals surface area contributed by atoms with Crippen molar-refractivity contribution in [3.05, 3.63) is 89.9 Å². The van der Waals surface area contributed by atoms with Gasteiger partial charge in [0.1, 0.15) is 5.82 Å². The van der Waals surface area contributed by atoms with E-state index in [1.54, 1.807) is 12.1 Å². The third-order valence-corrected chi connectivity index (χ3v) is 7.04. The fourth-order valence-electron chi connectivity index (χ4n) is 5.13. The summed E-state index contributed by atoms with van der Waals surface area (Å²) in [6, 6.07) is 22.9. The molecule has 3 aromatic carbocycles. The van der Waals surface area contributed by atoms with Gasteiger partial charge in [-0.3, -0.25) is 0 Å². The monoisotopic (exact) mass is 520 g/mol. The summed E-state index contributed by atoms with van der Waals surface area (Å²) in [5.41, 5.74) is 14.0. The third-order valence-electron chi connectivity index (χ3n) is 7.04. The Bertz CT molecular complexity index is 1660. The molecule has 0 bridgehead atoms. The number of pyridine rings is 1. The average molecular weight is 521 g/mol. The largest absolute Gasteiger partial charge is 0.378 e. The van der Waals surface area contributed by atoms with E-state index in [4.69, 9.17) is 15.5 Å². The van der Waals surface area contributed by atoms with Crippen molar-refractivity contribution in [2.45, 2.75) is 13.8 Å². The molecule has 0 atom stereocenters. The second kappa shape index (κ2) is 10.3. The summed E-state index contributed by atoms with van der Waals surface area (Å²) in [5.74, 6) is -0.0654. The Morgan fingerprint density at radius 2 is 1.67 bits per heavy atom. The van der Waals surface area contributed by atoms with Gasteiger partial charge in [-0.2, -0.15) is 0 Å². The quantitative estimate of drug-likeness (QED) is 0.282. The lowest BCUT2D eigenvalue weighted by Crippen LogP contribution is -2.36. The molecule has 3 heterocycles. The summed E-state index contributed by atoms with van der Waals surface area (Å²) in [4.78, 5) is 15.9. The number of nitrogen functional groups attached to an aromatic ring is 1. The van der Waals surface area contributed by atoms with Gasteiger partial charge in [-0.05, 0) is 55.8 Å². The zero-order valence-electron chi connectivity index (χ0n) is 21.9. The van der Waals surface area contributed by atoms with Crippen LogP contribution < -0.4 is 16.0 Å². The predicted octanol–water partition coefficient (Wildman–Crippen LogP) is 6.28. The molecule has 0 saturated carbocycles. The number of ether oxygens (including phenoxy) is 1. The number of aryl methyl sites for hydroxylation is 1. The van der Waals surface area contributed by atoms with Gasteiger partial charge >= 0.3 is 0 Å². The van der Waals surface area contributed by atoms with Gasteiger partial charge in [0.05, 0.1) is 47.2 Å². The molecule has 1 aliphatic heterocycles. The highest BCUT2D eigenvalue weighted by Crippen LogP contribution is 2.39. The third kappa shape index (κ3) is 4.86. The fourth-order valence-corrected chi connectivity index (χ4v) is 5.13. The van der Waals surface area contributed by atoms with Crippen molar-refractivity contribution in [1.29, 1.82) is 0 Å². The van der Waals surface area contributed by atoms with Crippen LogP contribution in [0.3, 0.4) is 0 Å². The van der Waals surface area contributed by atoms with E-state index < -0.39 is 0 Å². The van der Waals surface area contributed by atoms with Crippen molar-refractivity contribution < 1.29 is 9.13 Å². The van der Waals surface area contributed by atoms with Crippen LogP contribution >= 0.6 is 0 Å². The van der Waals surface area contributed by atoms with Gasteiger partial charge in [0.25, 0.3) is 0 Å². The molecular weight excluding hydrogens is 491 g/mol. The summed E-state index contributed by atoms with van der Waals surface area (Å²) in [5, 5.41) is 4.68. The smallest absolute Gasteiger partial charge is 0.220 e. The minimum atomic E-state index is -0.304. The van der Waals surface area contributed by atoms with E-state index >= 15 is 0 Å². The van der Waals surface area contributed by atoms with E-state index in [0.29, 0.717) is 24.5 Å². The van der Waals surface area contributed by atoms with Gasteiger partial charge in [-0.15, -0.1) is 0 Å². The maximum absolute atomic E-state index is 14.9. The van der Waals surface area contributed by atoms with Crippen LogP contribution in [-0.2, 0) is 4.74 Å². The van der Waals surface area contributed by atoms with Crippen LogP contribution in [0.25, 0.3) is 33.4 Å². The molecule has 0 radical (unpaired) electrons. The summed E-state index contributed by atoms with van der Waals surface area (Å²) < 4.78 is 20.5. The van der Waals surface area contributed by atoms with E-state index in [1.165, 1.54) is 6.07 Å². The molecule has 0 spiro atoms. The van der Waals surface area contributed by atoms with E-state index in [9.17, 15) is 4.39 Å². The molecule has 7 nitrogen and oxygen atoms in total. The van der Waals surface area contributed by atoms with E-state index in [-0.39, 0.29) is 11.8 Å². The predicted molar refractivity (Wildman–Crippen MR) is 155 cm³/mol. The normalized spacial score (nSPS) is 13.6. The molecule has 0 aliphatic carbocycles. The highest BCUT2D eigenvalue weighted by Gasteiger charge is 2.20. The number of hydrogen-bond acceptors (Lipinski definition) is 7.